The van der Waals surface area contributed by atoms with Crippen LogP contribution >= 0.6 is 0 Å². The molecule has 7 nitrogen and oxygen atoms in total. The molecule has 2 heterocycles. The third-order valence-electron chi connectivity index (χ3n) is 3.58. The molecule has 2 N–H and O–H groups in total. The Morgan fingerprint density at radius 3 is 2.70 bits per heavy atom. The van der Waals surface area contributed by atoms with Gasteiger partial charge in [-0.3, -0.25) is 0 Å². The van der Waals surface area contributed by atoms with Crippen molar-refractivity contribution in [2.75, 3.05) is 26.2 Å². The summed E-state index contributed by atoms with van der Waals surface area (Å²) in [6.07, 6.45) is 3.84. The molecule has 1 aromatic rings. The van der Waals surface area contributed by atoms with Gasteiger partial charge in [-0.2, -0.15) is 0 Å². The lowest BCUT2D eigenvalue weighted by Crippen LogP contribution is -2.33. The van der Waals surface area contributed by atoms with Gasteiger partial charge in [0.05, 0.1) is 18.8 Å². The Balaban J connectivity index is 1.98. The molecular weight excluding hydrogens is 258 g/mol. The first-order valence-corrected chi connectivity index (χ1v) is 7.28. The van der Waals surface area contributed by atoms with Crippen molar-refractivity contribution >= 4 is 5.97 Å². The van der Waals surface area contributed by atoms with Gasteiger partial charge in [-0.1, -0.05) is 11.6 Å². The normalized spacial score (nSPS) is 16.3. The predicted octanol–water partition coefficient (Wildman–Crippen LogP) is 0.399. The van der Waals surface area contributed by atoms with Gasteiger partial charge in [-0.15, -0.1) is 5.10 Å². The second-order valence-corrected chi connectivity index (χ2v) is 4.93. The van der Waals surface area contributed by atoms with Crippen LogP contribution in [0.3, 0.4) is 0 Å². The molecule has 2 rings (SSSR count). The van der Waals surface area contributed by atoms with Crippen molar-refractivity contribution in [2.45, 2.75) is 39.3 Å². The number of hydrogen-bond acceptors (Lipinski definition) is 6. The molecule has 1 aliphatic heterocycles. The van der Waals surface area contributed by atoms with E-state index in [2.05, 4.69) is 15.2 Å². The Kier molecular flexibility index (Phi) is 5.49. The Hall–Kier alpha value is -1.47. The van der Waals surface area contributed by atoms with E-state index in [9.17, 15) is 4.79 Å². The van der Waals surface area contributed by atoms with Crippen molar-refractivity contribution in [3.8, 4) is 0 Å². The lowest BCUT2D eigenvalue weighted by molar-refractivity contribution is 0.0518. The molecular formula is C13H23N5O2. The van der Waals surface area contributed by atoms with Crippen LogP contribution in [0.1, 0.15) is 42.4 Å². The summed E-state index contributed by atoms with van der Waals surface area (Å²) in [6, 6.07) is 0. The van der Waals surface area contributed by atoms with Crippen LogP contribution < -0.4 is 5.73 Å². The zero-order valence-corrected chi connectivity index (χ0v) is 12.0. The van der Waals surface area contributed by atoms with Crippen LogP contribution in [0.5, 0.6) is 0 Å². The van der Waals surface area contributed by atoms with Crippen LogP contribution in [-0.2, 0) is 17.8 Å². The molecule has 0 aliphatic carbocycles. The quantitative estimate of drug-likeness (QED) is 0.760. The number of nitrogens with two attached hydrogens (primary N) is 1. The number of nitrogens with zero attached hydrogens (tertiary/aromatic N) is 4. The van der Waals surface area contributed by atoms with Crippen molar-refractivity contribution in [2.24, 2.45) is 5.73 Å². The van der Waals surface area contributed by atoms with E-state index < -0.39 is 5.97 Å². The van der Waals surface area contributed by atoms with Crippen molar-refractivity contribution in [3.05, 3.63) is 11.4 Å². The number of carbonyl (C=O) groups excluding carboxylic acids is 1. The summed E-state index contributed by atoms with van der Waals surface area (Å²) in [5, 5.41) is 7.94. The third kappa shape index (κ3) is 3.55. The Morgan fingerprint density at radius 2 is 2.05 bits per heavy atom. The van der Waals surface area contributed by atoms with Gasteiger partial charge in [0.25, 0.3) is 0 Å². The first kappa shape index (κ1) is 14.9. The highest BCUT2D eigenvalue weighted by Gasteiger charge is 2.20. The molecule has 112 valence electrons. The summed E-state index contributed by atoms with van der Waals surface area (Å²) in [7, 11) is 0. The van der Waals surface area contributed by atoms with Gasteiger partial charge < -0.3 is 15.4 Å². The molecule has 1 aliphatic rings. The number of aromatic nitrogens is 3. The monoisotopic (exact) mass is 281 g/mol. The molecule has 1 saturated heterocycles. The maximum atomic E-state index is 11.7. The number of rotatable bonds is 6. The molecule has 0 atom stereocenters. The largest absolute Gasteiger partial charge is 0.461 e. The highest BCUT2D eigenvalue weighted by Crippen LogP contribution is 2.10. The van der Waals surface area contributed by atoms with Gasteiger partial charge >= 0.3 is 5.97 Å². The van der Waals surface area contributed by atoms with Crippen LogP contribution in [0.15, 0.2) is 0 Å². The minimum Gasteiger partial charge on any atom is -0.461 e. The van der Waals surface area contributed by atoms with Crippen molar-refractivity contribution < 1.29 is 9.53 Å². The number of hydrogen-bond donors (Lipinski definition) is 1. The molecule has 1 fully saturated rings. The zero-order valence-electron chi connectivity index (χ0n) is 12.0. The summed E-state index contributed by atoms with van der Waals surface area (Å²) in [5.41, 5.74) is 6.61. The SMILES string of the molecule is CCOC(=O)c1nnn(CCN2CCCCC2)c1CN. The molecule has 20 heavy (non-hydrogen) atoms. The van der Waals surface area contributed by atoms with E-state index in [1.54, 1.807) is 11.6 Å². The highest BCUT2D eigenvalue weighted by molar-refractivity contribution is 5.88. The lowest BCUT2D eigenvalue weighted by atomic mass is 10.1. The number of esters is 1. The predicted molar refractivity (Wildman–Crippen MR) is 74.2 cm³/mol. The Morgan fingerprint density at radius 1 is 1.30 bits per heavy atom. The molecule has 0 spiro atoms. The molecule has 0 amide bonds. The minimum absolute atomic E-state index is 0.237. The standard InChI is InChI=1S/C13H23N5O2/c1-2-20-13(19)12-11(10-14)18(16-15-12)9-8-17-6-4-3-5-7-17/h2-10,14H2,1H3. The topological polar surface area (TPSA) is 86.3 Å². The summed E-state index contributed by atoms with van der Waals surface area (Å²) in [4.78, 5) is 14.2. The molecule has 0 radical (unpaired) electrons. The lowest BCUT2D eigenvalue weighted by Gasteiger charge is -2.26. The van der Waals surface area contributed by atoms with Crippen LogP contribution in [-0.4, -0.2) is 52.1 Å². The fourth-order valence-electron chi connectivity index (χ4n) is 2.49. The van der Waals surface area contributed by atoms with Gasteiger partial charge in [-0.05, 0) is 32.9 Å². The fraction of sp³-hybridized carbons (Fsp3) is 0.769. The molecule has 0 aromatic carbocycles. The molecule has 1 aromatic heterocycles. The second kappa shape index (κ2) is 7.35. The molecule has 0 saturated carbocycles. The first-order valence-electron chi connectivity index (χ1n) is 7.28. The fourth-order valence-corrected chi connectivity index (χ4v) is 2.49. The third-order valence-corrected chi connectivity index (χ3v) is 3.58. The van der Waals surface area contributed by atoms with Crippen molar-refractivity contribution in [1.29, 1.82) is 0 Å². The van der Waals surface area contributed by atoms with Gasteiger partial charge in [0.15, 0.2) is 5.69 Å². The molecule has 7 heteroatoms. The van der Waals surface area contributed by atoms with Crippen LogP contribution in [0.25, 0.3) is 0 Å². The minimum atomic E-state index is -0.447. The molecule has 0 unspecified atom stereocenters. The Labute approximate surface area is 119 Å². The summed E-state index contributed by atoms with van der Waals surface area (Å²) >= 11 is 0. The zero-order chi connectivity index (χ0) is 14.4. The van der Waals surface area contributed by atoms with E-state index in [0.29, 0.717) is 18.8 Å². The Bertz CT molecular complexity index is 440. The van der Waals surface area contributed by atoms with E-state index in [1.165, 1.54) is 19.3 Å². The number of likely N-dealkylation sites (tertiary alicyclic amines) is 1. The number of carbonyl (C=O) groups is 1. The average molecular weight is 281 g/mol. The second-order valence-electron chi connectivity index (χ2n) is 4.93. The van der Waals surface area contributed by atoms with E-state index in [-0.39, 0.29) is 12.2 Å². The van der Waals surface area contributed by atoms with Gasteiger partial charge in [0.2, 0.25) is 0 Å². The smallest absolute Gasteiger partial charge is 0.360 e. The van der Waals surface area contributed by atoms with Crippen molar-refractivity contribution in [1.82, 2.24) is 19.9 Å². The van der Waals surface area contributed by atoms with Crippen molar-refractivity contribution in [3.63, 3.8) is 0 Å². The molecule has 0 bridgehead atoms. The number of ether oxygens (including phenoxy) is 1. The summed E-state index contributed by atoms with van der Waals surface area (Å²) < 4.78 is 6.68. The van der Waals surface area contributed by atoms with E-state index >= 15 is 0 Å². The number of piperidine rings is 1. The summed E-state index contributed by atoms with van der Waals surface area (Å²) in [5.74, 6) is -0.447. The van der Waals surface area contributed by atoms with Gasteiger partial charge in [0, 0.05) is 13.1 Å². The van der Waals surface area contributed by atoms with E-state index in [4.69, 9.17) is 10.5 Å². The maximum Gasteiger partial charge on any atom is 0.360 e. The van der Waals surface area contributed by atoms with Crippen LogP contribution in [0.2, 0.25) is 0 Å². The highest BCUT2D eigenvalue weighted by atomic mass is 16.5. The van der Waals surface area contributed by atoms with Crippen LogP contribution in [0.4, 0.5) is 0 Å². The van der Waals surface area contributed by atoms with E-state index in [1.807, 2.05) is 0 Å². The van der Waals surface area contributed by atoms with E-state index in [0.717, 1.165) is 19.6 Å². The first-order chi connectivity index (χ1) is 9.76. The van der Waals surface area contributed by atoms with Gasteiger partial charge in [-0.25, -0.2) is 9.48 Å². The summed E-state index contributed by atoms with van der Waals surface area (Å²) in [6.45, 7) is 6.22. The van der Waals surface area contributed by atoms with Gasteiger partial charge in [0.1, 0.15) is 0 Å². The maximum absolute atomic E-state index is 11.7. The average Bonchev–Trinajstić information content (AvgIpc) is 2.89. The van der Waals surface area contributed by atoms with Crippen LogP contribution in [0, 0.1) is 0 Å².